The summed E-state index contributed by atoms with van der Waals surface area (Å²) in [5.74, 6) is -0.573. The van der Waals surface area contributed by atoms with Gasteiger partial charge in [0.2, 0.25) is 5.96 Å². The zero-order valence-corrected chi connectivity index (χ0v) is 15.3. The number of nitrogens with two attached hydrogens (primary N) is 1. The molecular weight excluding hydrogens is 358 g/mol. The van der Waals surface area contributed by atoms with Crippen molar-refractivity contribution in [2.75, 3.05) is 5.32 Å². The van der Waals surface area contributed by atoms with Gasteiger partial charge in [-0.25, -0.2) is 5.43 Å². The van der Waals surface area contributed by atoms with Crippen molar-refractivity contribution in [2.45, 2.75) is 13.8 Å². The largest absolute Gasteiger partial charge is 0.369 e. The molecule has 1 amide bonds. The Hall–Kier alpha value is -4.01. The summed E-state index contributed by atoms with van der Waals surface area (Å²) in [5, 5.41) is 17.7. The lowest BCUT2D eigenvalue weighted by Crippen LogP contribution is -2.26. The van der Waals surface area contributed by atoms with Gasteiger partial charge in [-0.3, -0.25) is 10.2 Å². The third kappa shape index (κ3) is 3.88. The van der Waals surface area contributed by atoms with Crippen LogP contribution in [0, 0.1) is 17.2 Å². The number of carbonyl (C=O) groups is 1. The normalized spacial score (nSPS) is 11.3. The lowest BCUT2D eigenvalue weighted by molar-refractivity contribution is 0.102. The van der Waals surface area contributed by atoms with E-state index in [-0.39, 0.29) is 17.6 Å². The molecule has 0 saturated carbocycles. The second-order valence-electron chi connectivity index (χ2n) is 6.22. The zero-order valence-electron chi connectivity index (χ0n) is 15.3. The van der Waals surface area contributed by atoms with Gasteiger partial charge in [0.25, 0.3) is 5.91 Å². The van der Waals surface area contributed by atoms with Crippen molar-refractivity contribution in [1.82, 2.24) is 10.4 Å². The van der Waals surface area contributed by atoms with Gasteiger partial charge in [-0.2, -0.15) is 5.10 Å². The summed E-state index contributed by atoms with van der Waals surface area (Å²) in [5.41, 5.74) is 11.8. The highest BCUT2D eigenvalue weighted by Crippen LogP contribution is 2.26. The van der Waals surface area contributed by atoms with E-state index in [9.17, 15) is 9.70 Å². The van der Waals surface area contributed by atoms with Crippen LogP contribution >= 0.6 is 0 Å². The van der Waals surface area contributed by atoms with E-state index in [1.165, 1.54) is 0 Å². The number of para-hydroxylation sites is 1. The van der Waals surface area contributed by atoms with E-state index in [4.69, 9.17) is 11.1 Å². The molecule has 0 unspecified atom stereocenters. The number of nitroso groups, excluding NO2 is 1. The molecule has 2 aromatic carbocycles. The third-order valence-electron chi connectivity index (χ3n) is 4.20. The van der Waals surface area contributed by atoms with E-state index in [0.717, 1.165) is 16.5 Å². The number of amides is 1. The van der Waals surface area contributed by atoms with Crippen molar-refractivity contribution in [1.29, 1.82) is 5.41 Å². The molecule has 9 nitrogen and oxygen atoms in total. The minimum atomic E-state index is -0.330. The monoisotopic (exact) mass is 377 g/mol. The molecule has 0 saturated heterocycles. The molecule has 0 spiro atoms. The van der Waals surface area contributed by atoms with E-state index < -0.39 is 0 Å². The molecule has 142 valence electrons. The smallest absolute Gasteiger partial charge is 0.272 e. The first kappa shape index (κ1) is 18.8. The van der Waals surface area contributed by atoms with Crippen LogP contribution in [0.1, 0.15) is 28.5 Å². The SMILES string of the molecule is C/C(=N\NC(=N)N)c1ccc(NC(=O)c2cc3cccc(N=O)c3[nH]2)cc1C. The number of nitrogens with zero attached hydrogens (tertiary/aromatic N) is 2. The topological polar surface area (TPSA) is 149 Å². The minimum Gasteiger partial charge on any atom is -0.369 e. The van der Waals surface area contributed by atoms with Crippen LogP contribution in [0.5, 0.6) is 0 Å². The Kier molecular flexibility index (Phi) is 5.16. The molecular formula is C19H19N7O2. The number of hydrogen-bond acceptors (Lipinski definition) is 5. The van der Waals surface area contributed by atoms with Crippen LogP contribution in [0.15, 0.2) is 52.7 Å². The van der Waals surface area contributed by atoms with E-state index >= 15 is 0 Å². The summed E-state index contributed by atoms with van der Waals surface area (Å²) >= 11 is 0. The molecule has 28 heavy (non-hydrogen) atoms. The number of H-pyrrole nitrogens is 1. The van der Waals surface area contributed by atoms with Gasteiger partial charge in [-0.05, 0) is 48.9 Å². The number of aryl methyl sites for hydroxylation is 1. The molecule has 9 heteroatoms. The van der Waals surface area contributed by atoms with Crippen LogP contribution in [-0.2, 0) is 0 Å². The van der Waals surface area contributed by atoms with Crippen molar-refractivity contribution in [3.05, 3.63) is 64.2 Å². The molecule has 1 aromatic heterocycles. The molecule has 0 aliphatic rings. The molecule has 0 aliphatic heterocycles. The molecule has 6 N–H and O–H groups in total. The highest BCUT2D eigenvalue weighted by atomic mass is 16.3. The first-order valence-electron chi connectivity index (χ1n) is 8.41. The number of aromatic amines is 1. The lowest BCUT2D eigenvalue weighted by Gasteiger charge is -2.09. The number of benzene rings is 2. The van der Waals surface area contributed by atoms with Crippen LogP contribution in [0.2, 0.25) is 0 Å². The van der Waals surface area contributed by atoms with Gasteiger partial charge in [0.1, 0.15) is 11.4 Å². The first-order valence-corrected chi connectivity index (χ1v) is 8.41. The second kappa shape index (κ2) is 7.70. The van der Waals surface area contributed by atoms with Crippen LogP contribution in [0.25, 0.3) is 10.9 Å². The number of carbonyl (C=O) groups excluding carboxylic acids is 1. The summed E-state index contributed by atoms with van der Waals surface area (Å²) in [4.78, 5) is 26.4. The summed E-state index contributed by atoms with van der Waals surface area (Å²) in [7, 11) is 0. The van der Waals surface area contributed by atoms with Gasteiger partial charge in [-0.1, -0.05) is 18.2 Å². The number of hydrogen-bond donors (Lipinski definition) is 5. The van der Waals surface area contributed by atoms with E-state index in [1.807, 2.05) is 19.1 Å². The van der Waals surface area contributed by atoms with E-state index in [2.05, 4.69) is 26.0 Å². The number of nitrogens with one attached hydrogen (secondary N) is 4. The predicted octanol–water partition coefficient (Wildman–Crippen LogP) is 3.33. The van der Waals surface area contributed by atoms with Crippen LogP contribution < -0.4 is 16.5 Å². The molecule has 3 aromatic rings. The molecule has 1 heterocycles. The lowest BCUT2D eigenvalue weighted by atomic mass is 10.0. The summed E-state index contributed by atoms with van der Waals surface area (Å²) in [6, 6.07) is 12.2. The molecule has 0 radical (unpaired) electrons. The number of guanidine groups is 1. The number of fused-ring (bicyclic) bond motifs is 1. The van der Waals surface area contributed by atoms with Crippen LogP contribution in [0.3, 0.4) is 0 Å². The number of anilines is 1. The highest BCUT2D eigenvalue weighted by molar-refractivity contribution is 6.07. The number of rotatable bonds is 5. The van der Waals surface area contributed by atoms with Gasteiger partial charge in [0, 0.05) is 16.6 Å². The third-order valence-corrected chi connectivity index (χ3v) is 4.20. The first-order chi connectivity index (χ1) is 13.4. The van der Waals surface area contributed by atoms with Gasteiger partial charge in [0.15, 0.2) is 0 Å². The Balaban J connectivity index is 1.81. The van der Waals surface area contributed by atoms with Crippen LogP contribution in [0.4, 0.5) is 11.4 Å². The molecule has 3 rings (SSSR count). The maximum atomic E-state index is 12.6. The summed E-state index contributed by atoms with van der Waals surface area (Å²) in [6.07, 6.45) is 0. The summed E-state index contributed by atoms with van der Waals surface area (Å²) in [6.45, 7) is 3.68. The summed E-state index contributed by atoms with van der Waals surface area (Å²) < 4.78 is 0. The minimum absolute atomic E-state index is 0.243. The van der Waals surface area contributed by atoms with Crippen LogP contribution in [-0.4, -0.2) is 22.6 Å². The van der Waals surface area contributed by atoms with Crippen molar-refractivity contribution in [3.63, 3.8) is 0 Å². The van der Waals surface area contributed by atoms with E-state index in [1.54, 1.807) is 37.3 Å². The van der Waals surface area contributed by atoms with Gasteiger partial charge >= 0.3 is 0 Å². The fourth-order valence-electron chi connectivity index (χ4n) is 2.89. The maximum Gasteiger partial charge on any atom is 0.272 e. The Morgan fingerprint density at radius 3 is 2.68 bits per heavy atom. The van der Waals surface area contributed by atoms with E-state index in [0.29, 0.717) is 22.6 Å². The van der Waals surface area contributed by atoms with Crippen molar-refractivity contribution >= 4 is 39.9 Å². The maximum absolute atomic E-state index is 12.6. The quantitative estimate of drug-likeness (QED) is 0.201. The van der Waals surface area contributed by atoms with Gasteiger partial charge in [-0.15, -0.1) is 4.91 Å². The standard InChI is InChI=1S/C19H19N7O2/c1-10-8-13(6-7-14(10)11(2)24-25-19(20)21)22-18(27)16-9-12-4-3-5-15(26-28)17(12)23-16/h3-9,23H,1-2H3,(H,22,27)(H4,20,21,25)/b24-11+. The fraction of sp³-hybridized carbons (Fsp3) is 0.105. The number of aromatic nitrogens is 1. The average molecular weight is 377 g/mol. The predicted molar refractivity (Wildman–Crippen MR) is 110 cm³/mol. The molecule has 0 aliphatic carbocycles. The molecule has 0 atom stereocenters. The van der Waals surface area contributed by atoms with Crippen molar-refractivity contribution in [2.24, 2.45) is 16.0 Å². The van der Waals surface area contributed by atoms with Crippen molar-refractivity contribution < 1.29 is 4.79 Å². The van der Waals surface area contributed by atoms with Gasteiger partial charge in [0.05, 0.1) is 11.2 Å². The Bertz CT molecular complexity index is 1110. The van der Waals surface area contributed by atoms with Crippen molar-refractivity contribution in [3.8, 4) is 0 Å². The molecule has 0 fully saturated rings. The highest BCUT2D eigenvalue weighted by Gasteiger charge is 2.13. The second-order valence-corrected chi connectivity index (χ2v) is 6.22. The zero-order chi connectivity index (χ0) is 20.3. The Morgan fingerprint density at radius 2 is 2.00 bits per heavy atom. The Morgan fingerprint density at radius 1 is 1.21 bits per heavy atom. The number of hydrazone groups is 1. The fourth-order valence-corrected chi connectivity index (χ4v) is 2.89. The molecule has 0 bridgehead atoms. The Labute approximate surface area is 160 Å². The average Bonchev–Trinajstić information content (AvgIpc) is 3.10. The van der Waals surface area contributed by atoms with Gasteiger partial charge < -0.3 is 16.0 Å².